The first-order chi connectivity index (χ1) is 10.8. The van der Waals surface area contributed by atoms with Gasteiger partial charge in [-0.25, -0.2) is 9.97 Å². The van der Waals surface area contributed by atoms with E-state index in [1.165, 1.54) is 18.6 Å². The van der Waals surface area contributed by atoms with E-state index in [1.54, 1.807) is 12.5 Å². The lowest BCUT2D eigenvalue weighted by atomic mass is 10.2. The van der Waals surface area contributed by atoms with Crippen molar-refractivity contribution in [2.24, 2.45) is 0 Å². The Bertz CT molecular complexity index is 786. The Hall–Kier alpha value is -1.82. The Morgan fingerprint density at radius 1 is 1.13 bits per heavy atom. The van der Waals surface area contributed by atoms with E-state index in [2.05, 4.69) is 62.0 Å². The zero-order valence-corrected chi connectivity index (χ0v) is 15.3. The van der Waals surface area contributed by atoms with Gasteiger partial charge in [0.05, 0.1) is 11.9 Å². The highest BCUT2D eigenvalue weighted by molar-refractivity contribution is 8.47. The Kier molecular flexibility index (Phi) is 3.96. The maximum absolute atomic E-state index is 4.48. The molecule has 0 bridgehead atoms. The minimum absolute atomic E-state index is 0.941. The minimum Gasteiger partial charge on any atom is -0.332 e. The summed E-state index contributed by atoms with van der Waals surface area (Å²) >= 11 is 0. The fourth-order valence-corrected chi connectivity index (χ4v) is 4.31. The highest BCUT2D eigenvalue weighted by Crippen LogP contribution is 2.55. The summed E-state index contributed by atoms with van der Waals surface area (Å²) in [6, 6.07) is 2.11. The highest BCUT2D eigenvalue weighted by Gasteiger charge is 2.17. The van der Waals surface area contributed by atoms with Crippen molar-refractivity contribution in [2.45, 2.75) is 19.4 Å². The number of nitrogens with one attached hydrogen (secondary N) is 1. The lowest BCUT2D eigenvalue weighted by molar-refractivity contribution is 0.648. The number of hydrogen-bond acceptors (Lipinski definition) is 3. The standard InChI is InChI=1S/C17H27N5S/c1-23(2,3,4)10-6-5-8-22-9-7-15-16(14-11-20-21-12-14)18-13-19-17(15)22/h7,9,11-13,23H,5-6,8,10H2,1-4H3,(H,20,21). The van der Waals surface area contributed by atoms with Gasteiger partial charge in [-0.05, 0) is 49.7 Å². The fraction of sp³-hybridized carbons (Fsp3) is 0.471. The molecule has 0 radical (unpaired) electrons. The first kappa shape index (κ1) is 16.1. The number of thiol groups is 1. The molecule has 5 nitrogen and oxygen atoms in total. The van der Waals surface area contributed by atoms with Gasteiger partial charge in [-0.3, -0.25) is 14.3 Å². The molecule has 3 aromatic heterocycles. The van der Waals surface area contributed by atoms with Gasteiger partial charge < -0.3 is 4.57 Å². The molecule has 0 saturated heterocycles. The number of nitrogens with zero attached hydrogens (tertiary/aromatic N) is 4. The van der Waals surface area contributed by atoms with Crippen molar-refractivity contribution >= 4 is 20.2 Å². The van der Waals surface area contributed by atoms with E-state index in [0.717, 1.165) is 28.8 Å². The van der Waals surface area contributed by atoms with Crippen molar-refractivity contribution in [3.05, 3.63) is 31.0 Å². The second-order valence-corrected chi connectivity index (χ2v) is 16.7. The average Bonchev–Trinajstić information content (AvgIpc) is 3.11. The Morgan fingerprint density at radius 2 is 1.96 bits per heavy atom. The third kappa shape index (κ3) is 3.93. The molecule has 3 heterocycles. The van der Waals surface area contributed by atoms with Gasteiger partial charge >= 0.3 is 0 Å². The molecule has 0 spiro atoms. The summed E-state index contributed by atoms with van der Waals surface area (Å²) < 4.78 is 2.24. The molecule has 0 saturated carbocycles. The topological polar surface area (TPSA) is 59.4 Å². The number of H-pyrrole nitrogens is 1. The van der Waals surface area contributed by atoms with Crippen LogP contribution in [0.1, 0.15) is 12.8 Å². The highest BCUT2D eigenvalue weighted by atomic mass is 32.3. The average molecular weight is 334 g/mol. The molecular weight excluding hydrogens is 306 g/mol. The normalized spacial score (nSPS) is 14.0. The summed E-state index contributed by atoms with van der Waals surface area (Å²) in [6.45, 7) is 1.01. The van der Waals surface area contributed by atoms with Crippen LogP contribution in [-0.4, -0.2) is 55.5 Å². The predicted molar refractivity (Wildman–Crippen MR) is 102 cm³/mol. The first-order valence-corrected chi connectivity index (χ1v) is 12.3. The van der Waals surface area contributed by atoms with Crippen LogP contribution in [0.3, 0.4) is 0 Å². The third-order valence-electron chi connectivity index (χ3n) is 4.03. The maximum Gasteiger partial charge on any atom is 0.143 e. The molecule has 0 amide bonds. The minimum atomic E-state index is -1.38. The van der Waals surface area contributed by atoms with Gasteiger partial charge in [-0.1, -0.05) is 0 Å². The van der Waals surface area contributed by atoms with Crippen molar-refractivity contribution in [1.29, 1.82) is 0 Å². The Labute approximate surface area is 137 Å². The molecule has 0 aromatic carbocycles. The predicted octanol–water partition coefficient (Wildman–Crippen LogP) is 3.19. The van der Waals surface area contributed by atoms with Gasteiger partial charge in [0.2, 0.25) is 0 Å². The van der Waals surface area contributed by atoms with E-state index in [1.807, 2.05) is 6.20 Å². The van der Waals surface area contributed by atoms with Crippen LogP contribution >= 0.6 is 9.16 Å². The van der Waals surface area contributed by atoms with E-state index in [0.29, 0.717) is 0 Å². The molecule has 0 aliphatic carbocycles. The van der Waals surface area contributed by atoms with Crippen LogP contribution in [0.2, 0.25) is 0 Å². The van der Waals surface area contributed by atoms with Crippen LogP contribution < -0.4 is 0 Å². The van der Waals surface area contributed by atoms with Crippen LogP contribution in [0.25, 0.3) is 22.3 Å². The number of unbranched alkanes of at least 4 members (excludes halogenated alkanes) is 1. The van der Waals surface area contributed by atoms with Gasteiger partial charge in [0, 0.05) is 29.9 Å². The Balaban J connectivity index is 1.75. The van der Waals surface area contributed by atoms with Gasteiger partial charge in [0.1, 0.15) is 12.0 Å². The van der Waals surface area contributed by atoms with Crippen molar-refractivity contribution in [3.63, 3.8) is 0 Å². The van der Waals surface area contributed by atoms with Crippen LogP contribution in [-0.2, 0) is 6.54 Å². The quantitative estimate of drug-likeness (QED) is 0.538. The van der Waals surface area contributed by atoms with E-state index >= 15 is 0 Å². The smallest absolute Gasteiger partial charge is 0.143 e. The number of aromatic nitrogens is 5. The molecule has 1 N–H and O–H groups in total. The lowest BCUT2D eigenvalue weighted by Crippen LogP contribution is -2.15. The van der Waals surface area contributed by atoms with Crippen LogP contribution in [0.15, 0.2) is 31.0 Å². The molecule has 126 valence electrons. The van der Waals surface area contributed by atoms with Crippen molar-refractivity contribution in [3.8, 4) is 11.3 Å². The number of aromatic amines is 1. The fourth-order valence-electron chi connectivity index (χ4n) is 2.82. The summed E-state index contributed by atoms with van der Waals surface area (Å²) in [5.74, 6) is 1.35. The van der Waals surface area contributed by atoms with E-state index < -0.39 is 9.16 Å². The molecule has 0 unspecified atom stereocenters. The summed E-state index contributed by atoms with van der Waals surface area (Å²) in [5, 5.41) is 7.95. The number of aryl methyl sites for hydroxylation is 1. The number of rotatable bonds is 6. The molecule has 6 heteroatoms. The van der Waals surface area contributed by atoms with Crippen LogP contribution in [0.4, 0.5) is 0 Å². The molecule has 0 aliphatic rings. The van der Waals surface area contributed by atoms with E-state index in [9.17, 15) is 0 Å². The van der Waals surface area contributed by atoms with Crippen molar-refractivity contribution in [2.75, 3.05) is 30.8 Å². The van der Waals surface area contributed by atoms with E-state index in [4.69, 9.17) is 0 Å². The molecule has 3 rings (SSSR count). The largest absolute Gasteiger partial charge is 0.332 e. The van der Waals surface area contributed by atoms with Gasteiger partial charge in [-0.2, -0.15) is 5.10 Å². The summed E-state index contributed by atoms with van der Waals surface area (Å²) in [6.07, 6.45) is 19.7. The lowest BCUT2D eigenvalue weighted by Gasteiger charge is -2.47. The molecule has 3 aromatic rings. The third-order valence-corrected chi connectivity index (χ3v) is 6.13. The van der Waals surface area contributed by atoms with Crippen molar-refractivity contribution in [1.82, 2.24) is 24.7 Å². The molecule has 0 fully saturated rings. The maximum atomic E-state index is 4.48. The molecule has 0 aliphatic heterocycles. The van der Waals surface area contributed by atoms with Gasteiger partial charge in [0.25, 0.3) is 0 Å². The second-order valence-electron chi connectivity index (χ2n) is 8.33. The first-order valence-electron chi connectivity index (χ1n) is 8.09. The van der Waals surface area contributed by atoms with Gasteiger partial charge in [0.15, 0.2) is 0 Å². The van der Waals surface area contributed by atoms with Crippen LogP contribution in [0.5, 0.6) is 0 Å². The summed E-state index contributed by atoms with van der Waals surface area (Å²) in [7, 11) is -1.38. The van der Waals surface area contributed by atoms with E-state index in [-0.39, 0.29) is 0 Å². The second kappa shape index (κ2) is 5.67. The Morgan fingerprint density at radius 3 is 2.65 bits per heavy atom. The molecular formula is C17H27N5S. The summed E-state index contributed by atoms with van der Waals surface area (Å²) in [4.78, 5) is 8.90. The summed E-state index contributed by atoms with van der Waals surface area (Å²) in [5.41, 5.74) is 2.95. The van der Waals surface area contributed by atoms with Gasteiger partial charge in [-0.15, -0.1) is 0 Å². The SMILES string of the molecule is C[SH](C)(C)(C)CCCCn1ccc2c(-c3cn[nH]c3)ncnc21. The molecule has 23 heavy (non-hydrogen) atoms. The zero-order chi connectivity index (χ0) is 16.5. The van der Waals surface area contributed by atoms with Crippen molar-refractivity contribution < 1.29 is 0 Å². The zero-order valence-electron chi connectivity index (χ0n) is 14.5. The number of fused-ring (bicyclic) bond motifs is 1. The monoisotopic (exact) mass is 333 g/mol. The molecule has 0 atom stereocenters. The van der Waals surface area contributed by atoms with Crippen LogP contribution in [0, 0.1) is 0 Å². The number of hydrogen-bond donors (Lipinski definition) is 2.